The highest BCUT2D eigenvalue weighted by Crippen LogP contribution is 2.33. The van der Waals surface area contributed by atoms with Gasteiger partial charge in [-0.3, -0.25) is 9.59 Å². The minimum atomic E-state index is -0.316. The van der Waals surface area contributed by atoms with Crippen molar-refractivity contribution in [2.75, 3.05) is 18.2 Å². The molecule has 2 unspecified atom stereocenters. The third-order valence-corrected chi connectivity index (χ3v) is 7.14. The van der Waals surface area contributed by atoms with Crippen LogP contribution in [0.15, 0.2) is 36.5 Å². The first kappa shape index (κ1) is 20.6. The summed E-state index contributed by atoms with van der Waals surface area (Å²) < 4.78 is 19.4. The quantitative estimate of drug-likeness (QED) is 0.714. The maximum Gasteiger partial charge on any atom is 0.285 e. The van der Waals surface area contributed by atoms with Crippen molar-refractivity contribution in [2.24, 2.45) is 0 Å². The van der Waals surface area contributed by atoms with Crippen LogP contribution in [0.2, 0.25) is 0 Å². The van der Waals surface area contributed by atoms with Gasteiger partial charge in [0.05, 0.1) is 6.04 Å². The molecule has 0 spiro atoms. The molecule has 1 saturated carbocycles. The Labute approximate surface area is 191 Å². The summed E-state index contributed by atoms with van der Waals surface area (Å²) in [5.74, 6) is 0.357. The number of amides is 2. The average molecular weight is 452 g/mol. The molecule has 172 valence electrons. The Hall–Kier alpha value is -3.04. The molecule has 4 aliphatic rings. The highest BCUT2D eigenvalue weighted by molar-refractivity contribution is 6.00. The van der Waals surface area contributed by atoms with Crippen molar-refractivity contribution in [3.63, 3.8) is 0 Å². The van der Waals surface area contributed by atoms with E-state index in [2.05, 4.69) is 15.6 Å². The predicted molar refractivity (Wildman–Crippen MR) is 118 cm³/mol. The summed E-state index contributed by atoms with van der Waals surface area (Å²) in [5.41, 5.74) is 1.95. The number of halogens is 1. The zero-order valence-electron chi connectivity index (χ0n) is 18.2. The summed E-state index contributed by atoms with van der Waals surface area (Å²) in [5, 5.41) is 9.99. The number of hydrogen-bond donors (Lipinski definition) is 2. The van der Waals surface area contributed by atoms with Crippen molar-refractivity contribution < 1.29 is 18.7 Å². The molecule has 0 radical (unpaired) electrons. The summed E-state index contributed by atoms with van der Waals surface area (Å²) in [6, 6.07) is 9.39. The lowest BCUT2D eigenvalue weighted by atomic mass is 9.85. The average Bonchev–Trinajstić information content (AvgIpc) is 3.36. The Morgan fingerprint density at radius 1 is 1.03 bits per heavy atom. The van der Waals surface area contributed by atoms with Crippen molar-refractivity contribution in [3.05, 3.63) is 53.5 Å². The zero-order valence-corrected chi connectivity index (χ0v) is 18.2. The fourth-order valence-corrected chi connectivity index (χ4v) is 5.47. The van der Waals surface area contributed by atoms with Gasteiger partial charge in [-0.25, -0.2) is 14.4 Å². The van der Waals surface area contributed by atoms with Crippen LogP contribution in [-0.4, -0.2) is 59.1 Å². The number of rotatable bonds is 5. The number of hydrazine groups is 1. The minimum Gasteiger partial charge on any atom is -0.480 e. The van der Waals surface area contributed by atoms with Crippen LogP contribution in [0.5, 0.6) is 5.75 Å². The van der Waals surface area contributed by atoms with Gasteiger partial charge in [-0.2, -0.15) is 5.01 Å². The van der Waals surface area contributed by atoms with E-state index in [1.165, 1.54) is 16.1 Å². The fourth-order valence-electron chi connectivity index (χ4n) is 5.47. The van der Waals surface area contributed by atoms with Gasteiger partial charge in [-0.15, -0.1) is 0 Å². The van der Waals surface area contributed by atoms with Gasteiger partial charge in [0, 0.05) is 30.9 Å². The second-order valence-corrected chi connectivity index (χ2v) is 9.30. The van der Waals surface area contributed by atoms with E-state index >= 15 is 0 Å². The van der Waals surface area contributed by atoms with Gasteiger partial charge in [0.2, 0.25) is 0 Å². The van der Waals surface area contributed by atoms with Gasteiger partial charge in [0.1, 0.15) is 5.82 Å². The van der Waals surface area contributed by atoms with Crippen LogP contribution in [0.25, 0.3) is 0 Å². The second-order valence-electron chi connectivity index (χ2n) is 9.30. The predicted octanol–water partition coefficient (Wildman–Crippen LogP) is 1.34. The monoisotopic (exact) mass is 451 g/mol. The Bertz CT molecular complexity index is 1110. The summed E-state index contributed by atoms with van der Waals surface area (Å²) >= 11 is 0. The Balaban J connectivity index is 1.02. The lowest BCUT2D eigenvalue weighted by molar-refractivity contribution is -0.136. The molecule has 9 heteroatoms. The number of carbonyl (C=O) groups is 2. The third-order valence-electron chi connectivity index (χ3n) is 7.14. The van der Waals surface area contributed by atoms with E-state index in [0.717, 1.165) is 36.8 Å². The smallest absolute Gasteiger partial charge is 0.285 e. The molecule has 6 rings (SSSR count). The van der Waals surface area contributed by atoms with Gasteiger partial charge in [-0.05, 0) is 61.4 Å². The van der Waals surface area contributed by atoms with Gasteiger partial charge < -0.3 is 15.4 Å². The first-order valence-electron chi connectivity index (χ1n) is 11.6. The number of benzene rings is 1. The standard InChI is InChI=1S/C24H26FN5O3/c25-19-4-1-3-14-9-15(12-18(14)19)27-16-10-17(11-16)28-20-6-8-29(24(20)32)30-22(31)13-33-21-5-2-7-26-23(21)30/h1-5,7,15-17,20,27-28H,6,8-13H2. The van der Waals surface area contributed by atoms with E-state index in [1.54, 1.807) is 24.4 Å². The lowest BCUT2D eigenvalue weighted by Crippen LogP contribution is -2.58. The van der Waals surface area contributed by atoms with Crippen LogP contribution in [0.4, 0.5) is 10.2 Å². The highest BCUT2D eigenvalue weighted by atomic mass is 19.1. The summed E-state index contributed by atoms with van der Waals surface area (Å²) in [6.07, 6.45) is 5.68. The van der Waals surface area contributed by atoms with Crippen molar-refractivity contribution in [1.82, 2.24) is 20.6 Å². The topological polar surface area (TPSA) is 86.8 Å². The molecule has 33 heavy (non-hydrogen) atoms. The van der Waals surface area contributed by atoms with Crippen LogP contribution in [-0.2, 0) is 22.4 Å². The van der Waals surface area contributed by atoms with E-state index < -0.39 is 0 Å². The maximum absolute atomic E-state index is 14.0. The zero-order chi connectivity index (χ0) is 22.5. The van der Waals surface area contributed by atoms with Gasteiger partial charge in [0.25, 0.3) is 11.8 Å². The molecular formula is C24H26FN5O3. The summed E-state index contributed by atoms with van der Waals surface area (Å²) in [4.78, 5) is 29.9. The molecule has 1 aromatic carbocycles. The van der Waals surface area contributed by atoms with E-state index in [0.29, 0.717) is 30.6 Å². The van der Waals surface area contributed by atoms with E-state index in [4.69, 9.17) is 4.74 Å². The van der Waals surface area contributed by atoms with Crippen molar-refractivity contribution in [1.29, 1.82) is 0 Å². The van der Waals surface area contributed by atoms with Gasteiger partial charge in [0.15, 0.2) is 18.2 Å². The minimum absolute atomic E-state index is 0.106. The van der Waals surface area contributed by atoms with Gasteiger partial charge in [-0.1, -0.05) is 12.1 Å². The number of pyridine rings is 1. The van der Waals surface area contributed by atoms with Gasteiger partial charge >= 0.3 is 0 Å². The normalized spacial score (nSPS) is 28.4. The molecule has 2 atom stereocenters. The molecule has 2 aliphatic carbocycles. The SMILES string of the molecule is O=C1C(NC2CC(NC3Cc4cccc(F)c4C3)C2)CCN1N1C(=O)COc2cccnc21. The first-order chi connectivity index (χ1) is 16.1. The molecule has 8 nitrogen and oxygen atoms in total. The number of carbonyl (C=O) groups excluding carboxylic acids is 2. The Morgan fingerprint density at radius 3 is 2.73 bits per heavy atom. The second kappa shape index (κ2) is 8.07. The Morgan fingerprint density at radius 2 is 1.88 bits per heavy atom. The number of hydrogen-bond acceptors (Lipinski definition) is 6. The summed E-state index contributed by atoms with van der Waals surface area (Å²) in [6.45, 7) is 0.351. The number of nitrogens with one attached hydrogen (secondary N) is 2. The lowest BCUT2D eigenvalue weighted by Gasteiger charge is -2.39. The molecule has 2 aliphatic heterocycles. The Kier molecular flexibility index (Phi) is 5.03. The molecule has 1 aromatic heterocycles. The third kappa shape index (κ3) is 3.65. The van der Waals surface area contributed by atoms with E-state index in [9.17, 15) is 14.0 Å². The fraction of sp³-hybridized carbons (Fsp3) is 0.458. The number of fused-ring (bicyclic) bond motifs is 2. The molecule has 0 bridgehead atoms. The molecule has 2 N–H and O–H groups in total. The van der Waals surface area contributed by atoms with Crippen molar-refractivity contribution >= 4 is 17.6 Å². The number of ether oxygens (including phenoxy) is 1. The van der Waals surface area contributed by atoms with Crippen molar-refractivity contribution in [3.8, 4) is 5.75 Å². The van der Waals surface area contributed by atoms with Crippen LogP contribution >= 0.6 is 0 Å². The largest absolute Gasteiger partial charge is 0.480 e. The molecule has 1 saturated heterocycles. The number of anilines is 1. The molecular weight excluding hydrogens is 425 g/mol. The molecule has 2 fully saturated rings. The first-order valence-corrected chi connectivity index (χ1v) is 11.6. The summed E-state index contributed by atoms with van der Waals surface area (Å²) in [7, 11) is 0. The molecule has 3 heterocycles. The molecule has 2 amide bonds. The molecule has 2 aromatic rings. The number of nitrogens with zero attached hydrogens (tertiary/aromatic N) is 3. The number of aromatic nitrogens is 1. The van der Waals surface area contributed by atoms with E-state index in [-0.39, 0.29) is 42.4 Å². The van der Waals surface area contributed by atoms with Crippen LogP contribution < -0.4 is 20.4 Å². The van der Waals surface area contributed by atoms with Crippen LogP contribution in [0.3, 0.4) is 0 Å². The highest BCUT2D eigenvalue weighted by Gasteiger charge is 2.43. The van der Waals surface area contributed by atoms with Crippen LogP contribution in [0, 0.1) is 5.82 Å². The van der Waals surface area contributed by atoms with E-state index in [1.807, 2.05) is 6.07 Å². The van der Waals surface area contributed by atoms with Crippen LogP contribution in [0.1, 0.15) is 30.4 Å². The van der Waals surface area contributed by atoms with Crippen molar-refractivity contribution in [2.45, 2.75) is 56.3 Å². The maximum atomic E-state index is 14.0.